The predicted octanol–water partition coefficient (Wildman–Crippen LogP) is 2.14. The molecule has 1 saturated heterocycles. The van der Waals surface area contributed by atoms with Crippen LogP contribution in [0.25, 0.3) is 6.08 Å². The largest absolute Gasteiger partial charge is 0.496 e. The molecule has 0 amide bonds. The number of methoxy groups -OCH3 is 1. The average molecular weight is 259 g/mol. The van der Waals surface area contributed by atoms with E-state index in [0.29, 0.717) is 12.1 Å². The number of rotatable bonds is 2. The molecular formula is C16H21NO2. The lowest BCUT2D eigenvalue weighted by atomic mass is 9.82. The van der Waals surface area contributed by atoms with Gasteiger partial charge in [-0.15, -0.1) is 0 Å². The van der Waals surface area contributed by atoms with Gasteiger partial charge >= 0.3 is 0 Å². The Hall–Kier alpha value is -1.32. The topological polar surface area (TPSA) is 21.7 Å². The van der Waals surface area contributed by atoms with Crippen LogP contribution in [0.3, 0.4) is 0 Å². The maximum Gasteiger partial charge on any atom is 0.122 e. The number of fused-ring (bicyclic) bond motifs is 2. The van der Waals surface area contributed by atoms with Crippen molar-refractivity contribution in [1.82, 2.24) is 4.90 Å². The Labute approximate surface area is 114 Å². The van der Waals surface area contributed by atoms with E-state index in [0.717, 1.165) is 31.7 Å². The predicted molar refractivity (Wildman–Crippen MR) is 76.7 cm³/mol. The summed E-state index contributed by atoms with van der Waals surface area (Å²) in [5, 5.41) is 0. The minimum atomic E-state index is 0.303. The zero-order chi connectivity index (χ0) is 13.4. The molecule has 102 valence electrons. The maximum absolute atomic E-state index is 5.97. The summed E-state index contributed by atoms with van der Waals surface area (Å²) in [7, 11) is 3.94. The Balaban J connectivity index is 2.05. The minimum absolute atomic E-state index is 0.303. The van der Waals surface area contributed by atoms with Crippen LogP contribution in [0.15, 0.2) is 18.7 Å². The van der Waals surface area contributed by atoms with E-state index in [1.807, 2.05) is 6.08 Å². The van der Waals surface area contributed by atoms with Crippen LogP contribution >= 0.6 is 0 Å². The highest BCUT2D eigenvalue weighted by Crippen LogP contribution is 2.36. The summed E-state index contributed by atoms with van der Waals surface area (Å²) >= 11 is 0. The van der Waals surface area contributed by atoms with Crippen molar-refractivity contribution in [3.63, 3.8) is 0 Å². The van der Waals surface area contributed by atoms with E-state index in [1.165, 1.54) is 16.7 Å². The van der Waals surface area contributed by atoms with Crippen molar-refractivity contribution in [3.8, 4) is 5.75 Å². The van der Waals surface area contributed by atoms with Crippen molar-refractivity contribution in [2.45, 2.75) is 25.0 Å². The monoisotopic (exact) mass is 259 g/mol. The Morgan fingerprint density at radius 3 is 2.95 bits per heavy atom. The van der Waals surface area contributed by atoms with Crippen LogP contribution in [0.4, 0.5) is 0 Å². The van der Waals surface area contributed by atoms with Gasteiger partial charge in [0.25, 0.3) is 0 Å². The highest BCUT2D eigenvalue weighted by molar-refractivity contribution is 5.59. The Kier molecular flexibility index (Phi) is 3.33. The number of hydrogen-bond donors (Lipinski definition) is 0. The van der Waals surface area contributed by atoms with Crippen molar-refractivity contribution < 1.29 is 9.47 Å². The molecular weight excluding hydrogens is 238 g/mol. The van der Waals surface area contributed by atoms with E-state index in [4.69, 9.17) is 9.47 Å². The quantitative estimate of drug-likeness (QED) is 0.812. The molecule has 0 N–H and O–H groups in total. The smallest absolute Gasteiger partial charge is 0.122 e. The van der Waals surface area contributed by atoms with Crippen molar-refractivity contribution >= 4 is 6.08 Å². The minimum Gasteiger partial charge on any atom is -0.496 e. The molecule has 1 heterocycles. The molecule has 0 saturated carbocycles. The van der Waals surface area contributed by atoms with Crippen molar-refractivity contribution in [2.75, 3.05) is 27.3 Å². The van der Waals surface area contributed by atoms with Crippen LogP contribution in [-0.2, 0) is 17.6 Å². The van der Waals surface area contributed by atoms with E-state index in [9.17, 15) is 0 Å². The fourth-order valence-corrected chi connectivity index (χ4v) is 3.34. The van der Waals surface area contributed by atoms with Gasteiger partial charge in [-0.05, 0) is 36.2 Å². The SMILES string of the molecule is C=Cc1ccc(OC)c2c1C[C@H]1OCCN(C)[C@@H]1C2. The van der Waals surface area contributed by atoms with Crippen LogP contribution in [-0.4, -0.2) is 44.4 Å². The lowest BCUT2D eigenvalue weighted by Crippen LogP contribution is -2.53. The van der Waals surface area contributed by atoms with Gasteiger partial charge in [-0.1, -0.05) is 18.7 Å². The summed E-state index contributed by atoms with van der Waals surface area (Å²) < 4.78 is 11.5. The van der Waals surface area contributed by atoms with E-state index in [2.05, 4.69) is 30.7 Å². The molecule has 3 nitrogen and oxygen atoms in total. The van der Waals surface area contributed by atoms with Crippen LogP contribution in [0, 0.1) is 0 Å². The number of likely N-dealkylation sites (N-methyl/N-ethyl adjacent to an activating group) is 1. The Morgan fingerprint density at radius 1 is 1.37 bits per heavy atom. The van der Waals surface area contributed by atoms with Crippen molar-refractivity contribution in [3.05, 3.63) is 35.4 Å². The van der Waals surface area contributed by atoms with Crippen molar-refractivity contribution in [1.29, 1.82) is 0 Å². The summed E-state index contributed by atoms with van der Waals surface area (Å²) in [6.45, 7) is 5.77. The van der Waals surface area contributed by atoms with Gasteiger partial charge in [0.1, 0.15) is 5.75 Å². The number of hydrogen-bond acceptors (Lipinski definition) is 3. The fraction of sp³-hybridized carbons (Fsp3) is 0.500. The first-order valence-electron chi connectivity index (χ1n) is 6.87. The second-order valence-corrected chi connectivity index (χ2v) is 5.38. The lowest BCUT2D eigenvalue weighted by Gasteiger charge is -2.43. The summed E-state index contributed by atoms with van der Waals surface area (Å²) in [6.07, 6.45) is 4.20. The van der Waals surface area contributed by atoms with Gasteiger partial charge in [0.2, 0.25) is 0 Å². The molecule has 0 unspecified atom stereocenters. The summed E-state index contributed by atoms with van der Waals surface area (Å²) in [6, 6.07) is 4.62. The third-order valence-corrected chi connectivity index (χ3v) is 4.45. The van der Waals surface area contributed by atoms with Gasteiger partial charge in [0, 0.05) is 19.0 Å². The Bertz CT molecular complexity index is 498. The third-order valence-electron chi connectivity index (χ3n) is 4.45. The summed E-state index contributed by atoms with van der Waals surface area (Å²) in [5.74, 6) is 0.998. The van der Waals surface area contributed by atoms with Gasteiger partial charge in [-0.25, -0.2) is 0 Å². The molecule has 1 fully saturated rings. The van der Waals surface area contributed by atoms with E-state index in [-0.39, 0.29) is 0 Å². The first-order valence-corrected chi connectivity index (χ1v) is 6.87. The zero-order valence-corrected chi connectivity index (χ0v) is 11.7. The molecule has 0 bridgehead atoms. The fourth-order valence-electron chi connectivity index (χ4n) is 3.34. The molecule has 0 radical (unpaired) electrons. The molecule has 1 aromatic carbocycles. The van der Waals surface area contributed by atoms with Crippen molar-refractivity contribution in [2.24, 2.45) is 0 Å². The van der Waals surface area contributed by atoms with Crippen LogP contribution in [0.2, 0.25) is 0 Å². The normalized spacial score (nSPS) is 26.4. The summed E-state index contributed by atoms with van der Waals surface area (Å²) in [4.78, 5) is 2.41. The summed E-state index contributed by atoms with van der Waals surface area (Å²) in [5.41, 5.74) is 3.90. The van der Waals surface area contributed by atoms with Gasteiger partial charge in [0.15, 0.2) is 0 Å². The number of nitrogens with zero attached hydrogens (tertiary/aromatic N) is 1. The molecule has 3 heteroatoms. The van der Waals surface area contributed by atoms with Gasteiger partial charge in [-0.2, -0.15) is 0 Å². The molecule has 0 aromatic heterocycles. The van der Waals surface area contributed by atoms with E-state index < -0.39 is 0 Å². The van der Waals surface area contributed by atoms with Gasteiger partial charge in [-0.3, -0.25) is 4.90 Å². The number of benzene rings is 1. The molecule has 3 rings (SSSR count). The number of morpholine rings is 1. The van der Waals surface area contributed by atoms with E-state index >= 15 is 0 Å². The third kappa shape index (κ3) is 2.07. The average Bonchev–Trinajstić information content (AvgIpc) is 2.45. The van der Waals surface area contributed by atoms with Crippen LogP contribution in [0.1, 0.15) is 16.7 Å². The lowest BCUT2D eigenvalue weighted by molar-refractivity contribution is -0.0646. The molecule has 2 aliphatic rings. The highest BCUT2D eigenvalue weighted by atomic mass is 16.5. The van der Waals surface area contributed by atoms with Crippen LogP contribution < -0.4 is 4.74 Å². The molecule has 0 spiro atoms. The van der Waals surface area contributed by atoms with Crippen LogP contribution in [0.5, 0.6) is 5.75 Å². The second kappa shape index (κ2) is 4.99. The second-order valence-electron chi connectivity index (χ2n) is 5.38. The molecule has 1 aromatic rings. The maximum atomic E-state index is 5.97. The van der Waals surface area contributed by atoms with Gasteiger partial charge < -0.3 is 9.47 Å². The number of ether oxygens (including phenoxy) is 2. The first kappa shape index (κ1) is 12.7. The first-order chi connectivity index (χ1) is 9.24. The standard InChI is InChI=1S/C16H21NO2/c1-4-11-5-6-15(18-3)13-9-14-16(10-12(11)13)19-8-7-17(14)2/h4-6,14,16H,1,7-10H2,2-3H3/t14-,16-/m1/s1. The van der Waals surface area contributed by atoms with Gasteiger partial charge in [0.05, 0.1) is 19.8 Å². The highest BCUT2D eigenvalue weighted by Gasteiger charge is 2.36. The molecule has 2 atom stereocenters. The Morgan fingerprint density at radius 2 is 2.21 bits per heavy atom. The molecule has 1 aliphatic heterocycles. The zero-order valence-electron chi connectivity index (χ0n) is 11.7. The van der Waals surface area contributed by atoms with E-state index in [1.54, 1.807) is 7.11 Å². The molecule has 1 aliphatic carbocycles. The molecule has 19 heavy (non-hydrogen) atoms.